The molecule has 6 nitrogen and oxygen atoms in total. The van der Waals surface area contributed by atoms with E-state index in [0.29, 0.717) is 0 Å². The van der Waals surface area contributed by atoms with Crippen molar-refractivity contribution in [3.8, 4) is 0 Å². The van der Waals surface area contributed by atoms with Crippen molar-refractivity contribution in [3.63, 3.8) is 0 Å². The molecule has 0 spiro atoms. The summed E-state index contributed by atoms with van der Waals surface area (Å²) in [5, 5.41) is 10.5. The largest absolute Gasteiger partial charge is 0.297 e. The van der Waals surface area contributed by atoms with Crippen LogP contribution in [-0.4, -0.2) is 19.4 Å². The molecule has 7 heteroatoms. The van der Waals surface area contributed by atoms with E-state index in [1.165, 1.54) is 24.3 Å². The lowest BCUT2D eigenvalue weighted by molar-refractivity contribution is -0.384. The van der Waals surface area contributed by atoms with Gasteiger partial charge in [-0.2, -0.15) is 8.42 Å². The highest BCUT2D eigenvalue weighted by molar-refractivity contribution is 7.86. The summed E-state index contributed by atoms with van der Waals surface area (Å²) in [6, 6.07) is 4.75. The summed E-state index contributed by atoms with van der Waals surface area (Å²) < 4.78 is 29.5. The lowest BCUT2D eigenvalue weighted by Gasteiger charge is -2.27. The molecule has 1 aromatic rings. The van der Waals surface area contributed by atoms with Gasteiger partial charge in [0.2, 0.25) is 0 Å². The van der Waals surface area contributed by atoms with Gasteiger partial charge in [-0.05, 0) is 30.9 Å². The van der Waals surface area contributed by atoms with Crippen LogP contribution in [0, 0.1) is 16.0 Å². The van der Waals surface area contributed by atoms with Gasteiger partial charge in [0.25, 0.3) is 15.8 Å². The molecular formula is C13H17NO5S. The molecule has 2 atom stereocenters. The molecule has 0 heterocycles. The maximum atomic E-state index is 12.1. The summed E-state index contributed by atoms with van der Waals surface area (Å²) in [6.45, 7) is 1.98. The zero-order chi connectivity index (χ0) is 14.8. The second-order valence-corrected chi connectivity index (χ2v) is 6.67. The predicted octanol–water partition coefficient (Wildman–Crippen LogP) is 2.88. The summed E-state index contributed by atoms with van der Waals surface area (Å²) in [7, 11) is -3.86. The van der Waals surface area contributed by atoms with Crippen molar-refractivity contribution in [3.05, 3.63) is 34.4 Å². The molecule has 0 amide bonds. The Labute approximate surface area is 118 Å². The van der Waals surface area contributed by atoms with Crippen LogP contribution in [0.1, 0.15) is 32.6 Å². The molecule has 0 N–H and O–H groups in total. The van der Waals surface area contributed by atoms with Crippen LogP contribution in [0.25, 0.3) is 0 Å². The van der Waals surface area contributed by atoms with E-state index in [0.717, 1.165) is 25.7 Å². The van der Waals surface area contributed by atoms with Crippen LogP contribution >= 0.6 is 0 Å². The summed E-state index contributed by atoms with van der Waals surface area (Å²) >= 11 is 0. The molecule has 1 saturated carbocycles. The number of nitro benzene ring substituents is 1. The van der Waals surface area contributed by atoms with Crippen LogP contribution < -0.4 is 0 Å². The summed E-state index contributed by atoms with van der Waals surface area (Å²) in [4.78, 5) is 9.94. The first-order chi connectivity index (χ1) is 9.40. The van der Waals surface area contributed by atoms with Gasteiger partial charge in [0.05, 0.1) is 15.9 Å². The fourth-order valence-electron chi connectivity index (χ4n) is 2.38. The highest BCUT2D eigenvalue weighted by Gasteiger charge is 2.28. The smallest absolute Gasteiger partial charge is 0.263 e. The monoisotopic (exact) mass is 299 g/mol. The zero-order valence-corrected chi connectivity index (χ0v) is 12.0. The first-order valence-electron chi connectivity index (χ1n) is 6.58. The third kappa shape index (κ3) is 3.34. The molecular weight excluding hydrogens is 282 g/mol. The van der Waals surface area contributed by atoms with E-state index in [9.17, 15) is 18.5 Å². The minimum absolute atomic E-state index is 0.0409. The van der Waals surface area contributed by atoms with Gasteiger partial charge in [0, 0.05) is 12.1 Å². The second-order valence-electron chi connectivity index (χ2n) is 5.10. The average Bonchev–Trinajstić information content (AvgIpc) is 2.41. The van der Waals surface area contributed by atoms with Gasteiger partial charge < -0.3 is 0 Å². The number of non-ortho nitro benzene ring substituents is 1. The molecule has 0 radical (unpaired) electrons. The zero-order valence-electron chi connectivity index (χ0n) is 11.2. The molecule has 0 bridgehead atoms. The van der Waals surface area contributed by atoms with Crippen molar-refractivity contribution in [1.29, 1.82) is 0 Å². The SMILES string of the molecule is CC1CCCCC1OS(=O)(=O)c1ccc([N+](=O)[O-])cc1. The van der Waals surface area contributed by atoms with Gasteiger partial charge >= 0.3 is 0 Å². The highest BCUT2D eigenvalue weighted by Crippen LogP contribution is 2.29. The molecule has 1 aliphatic carbocycles. The maximum absolute atomic E-state index is 12.1. The van der Waals surface area contributed by atoms with Crippen molar-refractivity contribution in [2.75, 3.05) is 0 Å². The molecule has 1 fully saturated rings. The molecule has 0 aliphatic heterocycles. The normalized spacial score (nSPS) is 23.4. The lowest BCUT2D eigenvalue weighted by atomic mass is 9.88. The molecule has 2 unspecified atom stereocenters. The first kappa shape index (κ1) is 14.9. The third-order valence-electron chi connectivity index (χ3n) is 3.62. The van der Waals surface area contributed by atoms with Crippen LogP contribution in [0.2, 0.25) is 0 Å². The van der Waals surface area contributed by atoms with Gasteiger partial charge in [-0.15, -0.1) is 0 Å². The van der Waals surface area contributed by atoms with Crippen molar-refractivity contribution >= 4 is 15.8 Å². The number of nitro groups is 1. The van der Waals surface area contributed by atoms with E-state index >= 15 is 0 Å². The van der Waals surface area contributed by atoms with Crippen molar-refractivity contribution in [2.24, 2.45) is 5.92 Å². The molecule has 2 rings (SSSR count). The van der Waals surface area contributed by atoms with Crippen LogP contribution in [0.15, 0.2) is 29.2 Å². The fraction of sp³-hybridized carbons (Fsp3) is 0.538. The molecule has 1 aliphatic rings. The Morgan fingerprint density at radius 2 is 1.80 bits per heavy atom. The van der Waals surface area contributed by atoms with E-state index in [4.69, 9.17) is 4.18 Å². The highest BCUT2D eigenvalue weighted by atomic mass is 32.2. The minimum Gasteiger partial charge on any atom is -0.263 e. The van der Waals surface area contributed by atoms with Crippen LogP contribution in [0.5, 0.6) is 0 Å². The number of hydrogen-bond acceptors (Lipinski definition) is 5. The molecule has 1 aromatic carbocycles. The summed E-state index contributed by atoms with van der Waals surface area (Å²) in [6.07, 6.45) is 3.45. The third-order valence-corrected chi connectivity index (χ3v) is 4.97. The van der Waals surface area contributed by atoms with Gasteiger partial charge in [-0.3, -0.25) is 14.3 Å². The average molecular weight is 299 g/mol. The Bertz CT molecular complexity index is 581. The van der Waals surface area contributed by atoms with E-state index in [1.807, 2.05) is 6.92 Å². The second kappa shape index (κ2) is 5.88. The number of rotatable bonds is 4. The van der Waals surface area contributed by atoms with Crippen LogP contribution in [0.3, 0.4) is 0 Å². The molecule has 20 heavy (non-hydrogen) atoms. The minimum atomic E-state index is -3.86. The van der Waals surface area contributed by atoms with Gasteiger partial charge in [-0.25, -0.2) is 0 Å². The van der Waals surface area contributed by atoms with Crippen LogP contribution in [0.4, 0.5) is 5.69 Å². The fourth-order valence-corrected chi connectivity index (χ4v) is 3.57. The van der Waals surface area contributed by atoms with E-state index in [-0.39, 0.29) is 22.6 Å². The van der Waals surface area contributed by atoms with Crippen molar-refractivity contribution in [1.82, 2.24) is 0 Å². The predicted molar refractivity (Wildman–Crippen MR) is 72.8 cm³/mol. The molecule has 110 valence electrons. The number of hydrogen-bond donors (Lipinski definition) is 0. The standard InChI is InChI=1S/C13H17NO5S/c1-10-4-2-3-5-13(10)19-20(17,18)12-8-6-11(7-9-12)14(15)16/h6-10,13H,2-5H2,1H3. The summed E-state index contributed by atoms with van der Waals surface area (Å²) in [5.74, 6) is 0.205. The Kier molecular flexibility index (Phi) is 4.39. The first-order valence-corrected chi connectivity index (χ1v) is 7.99. The quantitative estimate of drug-likeness (QED) is 0.484. The Balaban J connectivity index is 2.15. The van der Waals surface area contributed by atoms with E-state index in [1.54, 1.807) is 0 Å². The van der Waals surface area contributed by atoms with Crippen LogP contribution in [-0.2, 0) is 14.3 Å². The lowest BCUT2D eigenvalue weighted by Crippen LogP contribution is -2.28. The topological polar surface area (TPSA) is 86.5 Å². The van der Waals surface area contributed by atoms with Gasteiger partial charge in [0.15, 0.2) is 0 Å². The maximum Gasteiger partial charge on any atom is 0.297 e. The Morgan fingerprint density at radius 1 is 1.20 bits per heavy atom. The summed E-state index contributed by atoms with van der Waals surface area (Å²) in [5.41, 5.74) is -0.144. The Morgan fingerprint density at radius 3 is 2.35 bits per heavy atom. The number of nitrogens with zero attached hydrogens (tertiary/aromatic N) is 1. The van der Waals surface area contributed by atoms with E-state index < -0.39 is 15.0 Å². The molecule has 0 saturated heterocycles. The van der Waals surface area contributed by atoms with Crippen molar-refractivity contribution < 1.29 is 17.5 Å². The molecule has 0 aromatic heterocycles. The van der Waals surface area contributed by atoms with Crippen molar-refractivity contribution in [2.45, 2.75) is 43.6 Å². The van der Waals surface area contributed by atoms with Gasteiger partial charge in [-0.1, -0.05) is 19.8 Å². The number of benzene rings is 1. The Hall–Kier alpha value is -1.47. The van der Waals surface area contributed by atoms with E-state index in [2.05, 4.69) is 0 Å². The van der Waals surface area contributed by atoms with Gasteiger partial charge in [0.1, 0.15) is 0 Å².